The molecule has 2 bridgehead atoms. The second-order valence-electron chi connectivity index (χ2n) is 14.1. The predicted molar refractivity (Wildman–Crippen MR) is 176 cm³/mol. The molecular weight excluding hydrogens is 552 g/mol. The second-order valence-corrected chi connectivity index (χ2v) is 14.1. The summed E-state index contributed by atoms with van der Waals surface area (Å²) >= 11 is 0. The monoisotopic (exact) mass is 602 g/mol. The van der Waals surface area contributed by atoms with Crippen molar-refractivity contribution in [2.24, 2.45) is 22.2 Å². The van der Waals surface area contributed by atoms with Gasteiger partial charge in [0.15, 0.2) is 28.8 Å². The zero-order valence-corrected chi connectivity index (χ0v) is 27.9. The van der Waals surface area contributed by atoms with Gasteiger partial charge in [-0.15, -0.1) is 0 Å². The summed E-state index contributed by atoms with van der Waals surface area (Å²) < 4.78 is 0. The first-order chi connectivity index (χ1) is 20.4. The zero-order valence-electron chi connectivity index (χ0n) is 27.9. The highest BCUT2D eigenvalue weighted by atomic mass is 16.3. The minimum absolute atomic E-state index is 0.0171. The lowest BCUT2D eigenvalue weighted by atomic mass is 9.38. The number of phenols is 2. The number of rotatable bonds is 10. The first kappa shape index (κ1) is 34.8. The zero-order chi connectivity index (χ0) is 33.2. The number of allylic oxidation sites excluding steroid dienone is 9. The Hall–Kier alpha value is -3.67. The molecule has 2 saturated carbocycles. The fourth-order valence-electron chi connectivity index (χ4n) is 6.86. The van der Waals surface area contributed by atoms with Crippen molar-refractivity contribution in [3.8, 4) is 11.5 Å². The van der Waals surface area contributed by atoms with Crippen LogP contribution >= 0.6 is 0 Å². The third-order valence-corrected chi connectivity index (χ3v) is 9.82. The molecule has 2 aliphatic rings. The number of fused-ring (bicyclic) bond motifs is 2. The van der Waals surface area contributed by atoms with E-state index in [0.717, 1.165) is 30.1 Å². The average Bonchev–Trinajstić information content (AvgIpc) is 2.92. The number of aliphatic hydroxyl groups excluding tert-OH is 1. The highest BCUT2D eigenvalue weighted by molar-refractivity contribution is 6.41. The lowest BCUT2D eigenvalue weighted by Crippen LogP contribution is -2.69. The van der Waals surface area contributed by atoms with E-state index in [2.05, 4.69) is 32.9 Å². The van der Waals surface area contributed by atoms with Gasteiger partial charge < -0.3 is 15.3 Å². The fraction of sp³-hybridized carbons (Fsp3) is 0.500. The van der Waals surface area contributed by atoms with E-state index >= 15 is 0 Å². The van der Waals surface area contributed by atoms with Gasteiger partial charge in [0.05, 0.1) is 5.41 Å². The third-order valence-electron chi connectivity index (χ3n) is 9.82. The number of aliphatic hydroxyl groups is 1. The van der Waals surface area contributed by atoms with Gasteiger partial charge in [0.2, 0.25) is 0 Å². The maximum Gasteiger partial charge on any atom is 0.184 e. The Morgan fingerprint density at radius 3 is 1.98 bits per heavy atom. The molecule has 0 amide bonds. The number of hydrogen-bond donors (Lipinski definition) is 3. The topological polar surface area (TPSA) is 112 Å². The van der Waals surface area contributed by atoms with E-state index < -0.39 is 50.6 Å². The van der Waals surface area contributed by atoms with Crippen LogP contribution in [-0.2, 0) is 14.4 Å². The molecule has 44 heavy (non-hydrogen) atoms. The Morgan fingerprint density at radius 2 is 1.41 bits per heavy atom. The molecule has 2 aliphatic carbocycles. The molecule has 0 unspecified atom stereocenters. The van der Waals surface area contributed by atoms with Gasteiger partial charge in [0, 0.05) is 5.56 Å². The summed E-state index contributed by atoms with van der Waals surface area (Å²) in [6.07, 6.45) is 11.1. The summed E-state index contributed by atoms with van der Waals surface area (Å²) in [6, 6.07) is 3.65. The molecule has 1 aromatic carbocycles. The van der Waals surface area contributed by atoms with Gasteiger partial charge in [0.25, 0.3) is 0 Å². The molecule has 0 saturated heterocycles. The highest BCUT2D eigenvalue weighted by Gasteiger charge is 2.73. The van der Waals surface area contributed by atoms with E-state index in [0.29, 0.717) is 6.42 Å². The van der Waals surface area contributed by atoms with Crippen LogP contribution in [0.3, 0.4) is 0 Å². The number of carbonyl (C=O) groups is 3. The standard InChI is InChI=1S/C38H50O6/c1-23(2)11-10-12-26(7)13-15-28-22-37(19-17-24(3)4)33(42)31(32(41)27-14-16-29(39)30(40)21-27)34(43)38(35(37)44,36(28,8)9)20-18-25(5)6/h11,13-14,16-18,21,28,39-41H,10,12,15,19-20,22H2,1-9H3/b26-13+,32-31-/t28-,37-,38+/m0/s1. The van der Waals surface area contributed by atoms with Gasteiger partial charge in [-0.1, -0.05) is 60.4 Å². The van der Waals surface area contributed by atoms with Crippen molar-refractivity contribution in [2.45, 2.75) is 101 Å². The number of Topliss-reactive ketones (excluding diaryl/α,β-unsaturated/α-hetero) is 3. The minimum Gasteiger partial charge on any atom is -0.506 e. The average molecular weight is 603 g/mol. The Bertz CT molecular complexity index is 1480. The summed E-state index contributed by atoms with van der Waals surface area (Å²) in [5.74, 6) is -3.36. The van der Waals surface area contributed by atoms with E-state index in [1.165, 1.54) is 23.3 Å². The van der Waals surface area contributed by atoms with E-state index in [-0.39, 0.29) is 36.5 Å². The van der Waals surface area contributed by atoms with Crippen molar-refractivity contribution in [3.63, 3.8) is 0 Å². The third kappa shape index (κ3) is 6.27. The minimum atomic E-state index is -1.59. The normalized spacial score (nSPS) is 25.8. The maximum absolute atomic E-state index is 14.9. The molecular formula is C38H50O6. The lowest BCUT2D eigenvalue weighted by molar-refractivity contribution is -0.176. The van der Waals surface area contributed by atoms with E-state index in [9.17, 15) is 29.7 Å². The van der Waals surface area contributed by atoms with Crippen LogP contribution in [0, 0.1) is 22.2 Å². The number of carbonyl (C=O) groups excluding carboxylic acids is 3. The van der Waals surface area contributed by atoms with E-state index in [1.54, 1.807) is 0 Å². The van der Waals surface area contributed by atoms with Crippen LogP contribution in [0.15, 0.2) is 70.4 Å². The summed E-state index contributed by atoms with van der Waals surface area (Å²) in [4.78, 5) is 44.3. The van der Waals surface area contributed by atoms with Crippen LogP contribution < -0.4 is 0 Å². The molecule has 3 atom stereocenters. The predicted octanol–water partition coefficient (Wildman–Crippen LogP) is 8.90. The van der Waals surface area contributed by atoms with Crippen molar-refractivity contribution in [3.05, 3.63) is 75.9 Å². The van der Waals surface area contributed by atoms with Crippen LogP contribution in [0.4, 0.5) is 0 Å². The Kier molecular flexibility index (Phi) is 10.4. The van der Waals surface area contributed by atoms with Crippen molar-refractivity contribution in [2.75, 3.05) is 0 Å². The smallest absolute Gasteiger partial charge is 0.184 e. The number of benzene rings is 1. The number of hydrogen-bond acceptors (Lipinski definition) is 6. The molecule has 0 aliphatic heterocycles. The molecule has 3 rings (SSSR count). The van der Waals surface area contributed by atoms with Crippen LogP contribution in [0.1, 0.15) is 106 Å². The van der Waals surface area contributed by atoms with Crippen molar-refractivity contribution >= 4 is 23.1 Å². The van der Waals surface area contributed by atoms with Crippen molar-refractivity contribution < 1.29 is 29.7 Å². The number of aromatic hydroxyl groups is 2. The Balaban J connectivity index is 2.32. The van der Waals surface area contributed by atoms with Crippen molar-refractivity contribution in [1.82, 2.24) is 0 Å². The SMILES string of the molecule is CC(C)=CCC/C(C)=C/C[C@H]1C[C@@]2(CC=C(C)C)C(=O)/C(=C(/O)c3ccc(O)c(O)c3)C(=O)[C@](CC=C(C)C)(C2=O)C1(C)C. The van der Waals surface area contributed by atoms with Crippen LogP contribution in [-0.4, -0.2) is 32.7 Å². The maximum atomic E-state index is 14.9. The molecule has 1 aromatic rings. The molecule has 6 heteroatoms. The fourth-order valence-corrected chi connectivity index (χ4v) is 6.86. The van der Waals surface area contributed by atoms with Gasteiger partial charge >= 0.3 is 0 Å². The van der Waals surface area contributed by atoms with E-state index in [1.807, 2.05) is 53.7 Å². The first-order valence-electron chi connectivity index (χ1n) is 15.6. The summed E-state index contributed by atoms with van der Waals surface area (Å²) in [6.45, 7) is 17.8. The summed E-state index contributed by atoms with van der Waals surface area (Å²) in [5, 5.41) is 31.5. The molecule has 6 nitrogen and oxygen atoms in total. The molecule has 238 valence electrons. The first-order valence-corrected chi connectivity index (χ1v) is 15.6. The van der Waals surface area contributed by atoms with Gasteiger partial charge in [0.1, 0.15) is 16.7 Å². The summed E-state index contributed by atoms with van der Waals surface area (Å²) in [5.41, 5.74) is 0.00501. The summed E-state index contributed by atoms with van der Waals surface area (Å²) in [7, 11) is 0. The number of phenolic OH excluding ortho intramolecular Hbond substituents is 2. The molecule has 0 radical (unpaired) electrons. The molecule has 0 heterocycles. The van der Waals surface area contributed by atoms with Crippen LogP contribution in [0.2, 0.25) is 0 Å². The Labute approximate surface area is 263 Å². The van der Waals surface area contributed by atoms with Crippen LogP contribution in [0.5, 0.6) is 11.5 Å². The van der Waals surface area contributed by atoms with Gasteiger partial charge in [-0.25, -0.2) is 0 Å². The number of ketones is 3. The Morgan fingerprint density at radius 1 is 0.818 bits per heavy atom. The largest absolute Gasteiger partial charge is 0.506 e. The van der Waals surface area contributed by atoms with Gasteiger partial charge in [-0.2, -0.15) is 0 Å². The van der Waals surface area contributed by atoms with Gasteiger partial charge in [-0.05, 0) is 117 Å². The van der Waals surface area contributed by atoms with Gasteiger partial charge in [-0.3, -0.25) is 14.4 Å². The van der Waals surface area contributed by atoms with E-state index in [4.69, 9.17) is 0 Å². The molecule has 3 N–H and O–H groups in total. The lowest BCUT2D eigenvalue weighted by Gasteiger charge is -2.60. The van der Waals surface area contributed by atoms with Crippen molar-refractivity contribution in [1.29, 1.82) is 0 Å². The highest BCUT2D eigenvalue weighted by Crippen LogP contribution is 2.65. The van der Waals surface area contributed by atoms with Crippen LogP contribution in [0.25, 0.3) is 5.76 Å². The second kappa shape index (κ2) is 13.1. The quantitative estimate of drug-likeness (QED) is 0.0616. The molecule has 0 spiro atoms. The molecule has 0 aromatic heterocycles. The molecule has 2 fully saturated rings.